The second-order valence-corrected chi connectivity index (χ2v) is 6.39. The van der Waals surface area contributed by atoms with Crippen molar-refractivity contribution in [3.63, 3.8) is 0 Å². The minimum atomic E-state index is -0.863. The third-order valence-corrected chi connectivity index (χ3v) is 4.46. The molecule has 0 aliphatic carbocycles. The van der Waals surface area contributed by atoms with Gasteiger partial charge in [0.2, 0.25) is 5.56 Å². The molecule has 0 aliphatic rings. The van der Waals surface area contributed by atoms with Gasteiger partial charge in [-0.3, -0.25) is 14.4 Å². The lowest BCUT2D eigenvalue weighted by atomic mass is 10.0. The predicted molar refractivity (Wildman–Crippen MR) is 110 cm³/mol. The maximum Gasteiger partial charge on any atom is 0.256 e. The van der Waals surface area contributed by atoms with Crippen molar-refractivity contribution in [3.05, 3.63) is 94.4 Å². The molecule has 0 spiro atoms. The molecule has 7 heteroatoms. The van der Waals surface area contributed by atoms with Crippen LogP contribution in [0.4, 0.5) is 5.69 Å². The van der Waals surface area contributed by atoms with E-state index in [0.29, 0.717) is 17.0 Å². The monoisotopic (exact) mass is 391 g/mol. The number of benzene rings is 2. The first-order chi connectivity index (χ1) is 14.0. The van der Waals surface area contributed by atoms with Gasteiger partial charge in [0, 0.05) is 25.0 Å². The van der Waals surface area contributed by atoms with Crippen molar-refractivity contribution in [1.29, 1.82) is 0 Å². The Morgan fingerprint density at radius 2 is 1.69 bits per heavy atom. The van der Waals surface area contributed by atoms with Crippen molar-refractivity contribution in [2.24, 2.45) is 0 Å². The van der Waals surface area contributed by atoms with E-state index in [2.05, 4.69) is 10.3 Å². The molecule has 2 N–H and O–H groups in total. The Hall–Kier alpha value is -3.87. The van der Waals surface area contributed by atoms with Crippen molar-refractivity contribution in [2.75, 3.05) is 19.5 Å². The molecule has 2 aromatic carbocycles. The summed E-state index contributed by atoms with van der Waals surface area (Å²) < 4.78 is 5.13. The van der Waals surface area contributed by atoms with Crippen LogP contribution in [0.1, 0.15) is 22.0 Å². The van der Waals surface area contributed by atoms with Crippen LogP contribution in [-0.4, -0.2) is 35.9 Å². The SMILES string of the molecule is COc1ccc(NC(=O)[C@@H](c2ccccc2)N(C)C(=O)c2ccc(=O)[nH]c2)cc1. The van der Waals surface area contributed by atoms with E-state index in [1.165, 1.54) is 23.2 Å². The number of pyridine rings is 1. The van der Waals surface area contributed by atoms with Crippen LogP contribution in [0.5, 0.6) is 5.75 Å². The zero-order valence-electron chi connectivity index (χ0n) is 16.1. The number of nitrogens with zero attached hydrogens (tertiary/aromatic N) is 1. The molecule has 29 heavy (non-hydrogen) atoms. The van der Waals surface area contributed by atoms with E-state index < -0.39 is 6.04 Å². The number of aromatic amines is 1. The molecule has 148 valence electrons. The number of carbonyl (C=O) groups is 2. The van der Waals surface area contributed by atoms with Crippen LogP contribution in [-0.2, 0) is 4.79 Å². The summed E-state index contributed by atoms with van der Waals surface area (Å²) in [5.74, 6) is -0.0744. The molecular formula is C22H21N3O4. The van der Waals surface area contributed by atoms with Crippen LogP contribution in [0, 0.1) is 0 Å². The first kappa shape index (κ1) is 19.9. The third kappa shape index (κ3) is 4.70. The number of rotatable bonds is 6. The maximum atomic E-state index is 13.1. The average Bonchev–Trinajstić information content (AvgIpc) is 2.75. The molecule has 0 aliphatic heterocycles. The van der Waals surface area contributed by atoms with Crippen molar-refractivity contribution < 1.29 is 14.3 Å². The Bertz CT molecular complexity index is 1030. The van der Waals surface area contributed by atoms with Gasteiger partial charge in [0.1, 0.15) is 11.8 Å². The molecule has 3 rings (SSSR count). The highest BCUT2D eigenvalue weighted by Gasteiger charge is 2.29. The number of aromatic nitrogens is 1. The van der Waals surface area contributed by atoms with Crippen LogP contribution >= 0.6 is 0 Å². The van der Waals surface area contributed by atoms with Gasteiger partial charge in [-0.1, -0.05) is 30.3 Å². The van der Waals surface area contributed by atoms with Crippen LogP contribution in [0.3, 0.4) is 0 Å². The minimum absolute atomic E-state index is 0.283. The Balaban J connectivity index is 1.89. The molecule has 0 bridgehead atoms. The second-order valence-electron chi connectivity index (χ2n) is 6.39. The Labute approximate surface area is 167 Å². The van der Waals surface area contributed by atoms with E-state index >= 15 is 0 Å². The summed E-state index contributed by atoms with van der Waals surface area (Å²) in [6.07, 6.45) is 1.34. The molecule has 1 heterocycles. The number of anilines is 1. The van der Waals surface area contributed by atoms with Gasteiger partial charge in [-0.2, -0.15) is 0 Å². The standard InChI is InChI=1S/C22H21N3O4/c1-25(22(28)16-8-13-19(26)23-14-16)20(15-6-4-3-5-7-15)21(27)24-17-9-11-18(29-2)12-10-17/h3-14,20H,1-2H3,(H,23,26)(H,24,27)/t20-/m1/s1. The lowest BCUT2D eigenvalue weighted by Crippen LogP contribution is -2.38. The molecule has 0 saturated heterocycles. The zero-order chi connectivity index (χ0) is 20.8. The number of methoxy groups -OCH3 is 1. The van der Waals surface area contributed by atoms with Gasteiger partial charge in [-0.25, -0.2) is 0 Å². The highest BCUT2D eigenvalue weighted by molar-refractivity contribution is 6.01. The number of carbonyl (C=O) groups excluding carboxylic acids is 2. The summed E-state index contributed by atoms with van der Waals surface area (Å²) in [4.78, 5) is 41.1. The number of H-pyrrole nitrogens is 1. The Morgan fingerprint density at radius 1 is 1.00 bits per heavy atom. The van der Waals surface area contributed by atoms with E-state index in [9.17, 15) is 14.4 Å². The third-order valence-electron chi connectivity index (χ3n) is 4.46. The molecule has 0 radical (unpaired) electrons. The first-order valence-electron chi connectivity index (χ1n) is 8.95. The van der Waals surface area contributed by atoms with Crippen LogP contribution < -0.4 is 15.6 Å². The maximum absolute atomic E-state index is 13.1. The summed E-state index contributed by atoms with van der Waals surface area (Å²) in [5, 5.41) is 2.84. The first-order valence-corrected chi connectivity index (χ1v) is 8.95. The molecule has 1 aromatic heterocycles. The van der Waals surface area contributed by atoms with Gasteiger partial charge in [-0.05, 0) is 35.9 Å². The van der Waals surface area contributed by atoms with Crippen LogP contribution in [0.15, 0.2) is 77.7 Å². The van der Waals surface area contributed by atoms with Gasteiger partial charge in [0.05, 0.1) is 12.7 Å². The molecule has 3 aromatic rings. The molecule has 2 amide bonds. The van der Waals surface area contributed by atoms with Gasteiger partial charge >= 0.3 is 0 Å². The summed E-state index contributed by atoms with van der Waals surface area (Å²) >= 11 is 0. The number of nitrogens with one attached hydrogen (secondary N) is 2. The fourth-order valence-electron chi connectivity index (χ4n) is 2.94. The summed E-state index contributed by atoms with van der Waals surface area (Å²) in [5.41, 5.74) is 1.23. The summed E-state index contributed by atoms with van der Waals surface area (Å²) in [6.45, 7) is 0. The second kappa shape index (κ2) is 8.88. The highest BCUT2D eigenvalue weighted by Crippen LogP contribution is 2.24. The number of ether oxygens (including phenoxy) is 1. The van der Waals surface area contributed by atoms with E-state index in [1.807, 2.05) is 6.07 Å². The van der Waals surface area contributed by atoms with Crippen molar-refractivity contribution >= 4 is 17.5 Å². The fourth-order valence-corrected chi connectivity index (χ4v) is 2.94. The smallest absolute Gasteiger partial charge is 0.256 e. The van der Waals surface area contributed by atoms with E-state index in [1.54, 1.807) is 62.7 Å². The summed E-state index contributed by atoms with van der Waals surface area (Å²) in [6, 6.07) is 17.8. The molecule has 7 nitrogen and oxygen atoms in total. The minimum Gasteiger partial charge on any atom is -0.497 e. The molecule has 0 unspecified atom stereocenters. The topological polar surface area (TPSA) is 91.5 Å². The predicted octanol–water partition coefficient (Wildman–Crippen LogP) is 2.84. The lowest BCUT2D eigenvalue weighted by molar-refractivity contribution is -0.120. The van der Waals surface area contributed by atoms with E-state index in [0.717, 1.165) is 0 Å². The molecule has 0 fully saturated rings. The normalized spacial score (nSPS) is 11.4. The van der Waals surface area contributed by atoms with Gasteiger partial charge in [-0.15, -0.1) is 0 Å². The van der Waals surface area contributed by atoms with Gasteiger partial charge in [0.25, 0.3) is 11.8 Å². The summed E-state index contributed by atoms with van der Waals surface area (Å²) in [7, 11) is 3.12. The van der Waals surface area contributed by atoms with E-state index in [-0.39, 0.29) is 22.9 Å². The quantitative estimate of drug-likeness (QED) is 0.676. The molecule has 1 atom stereocenters. The Kier molecular flexibility index (Phi) is 6.09. The van der Waals surface area contributed by atoms with E-state index in [4.69, 9.17) is 4.74 Å². The lowest BCUT2D eigenvalue weighted by Gasteiger charge is -2.28. The van der Waals surface area contributed by atoms with Crippen LogP contribution in [0.2, 0.25) is 0 Å². The van der Waals surface area contributed by atoms with Crippen LogP contribution in [0.25, 0.3) is 0 Å². The zero-order valence-corrected chi connectivity index (χ0v) is 16.1. The molecule has 0 saturated carbocycles. The number of likely N-dealkylation sites (N-methyl/N-ethyl adjacent to an activating group) is 1. The number of hydrogen-bond donors (Lipinski definition) is 2. The molecular weight excluding hydrogens is 370 g/mol. The Morgan fingerprint density at radius 3 is 2.28 bits per heavy atom. The van der Waals surface area contributed by atoms with Crippen molar-refractivity contribution in [1.82, 2.24) is 9.88 Å². The number of hydrogen-bond acceptors (Lipinski definition) is 4. The average molecular weight is 391 g/mol. The van der Waals surface area contributed by atoms with Crippen molar-refractivity contribution in [2.45, 2.75) is 6.04 Å². The highest BCUT2D eigenvalue weighted by atomic mass is 16.5. The van der Waals surface area contributed by atoms with Gasteiger partial charge < -0.3 is 19.9 Å². The number of amides is 2. The van der Waals surface area contributed by atoms with Crippen molar-refractivity contribution in [3.8, 4) is 5.75 Å². The van der Waals surface area contributed by atoms with Gasteiger partial charge in [0.15, 0.2) is 0 Å². The largest absolute Gasteiger partial charge is 0.497 e. The fraction of sp³-hybridized carbons (Fsp3) is 0.136.